The number of nitrogens with two attached hydrogens (primary N) is 1. The third-order valence-corrected chi connectivity index (χ3v) is 2.23. The van der Waals surface area contributed by atoms with E-state index < -0.39 is 6.61 Å². The molecule has 0 aliphatic rings. The van der Waals surface area contributed by atoms with Crippen LogP contribution in [-0.4, -0.2) is 11.8 Å². The molecule has 1 heterocycles. The van der Waals surface area contributed by atoms with Crippen LogP contribution in [0.15, 0.2) is 28.8 Å². The summed E-state index contributed by atoms with van der Waals surface area (Å²) in [6.07, 6.45) is 0. The number of hydrogen-bond donors (Lipinski definition) is 1. The number of alkyl halides is 2. The van der Waals surface area contributed by atoms with Crippen LogP contribution in [-0.2, 0) is 0 Å². The predicted molar refractivity (Wildman–Crippen MR) is 57.7 cm³/mol. The van der Waals surface area contributed by atoms with E-state index in [1.807, 2.05) is 0 Å². The number of nitrogens with zero attached hydrogens (tertiary/aromatic N) is 1. The molecule has 0 spiro atoms. The van der Waals surface area contributed by atoms with Gasteiger partial charge in [0, 0.05) is 11.6 Å². The van der Waals surface area contributed by atoms with Gasteiger partial charge in [0.15, 0.2) is 0 Å². The van der Waals surface area contributed by atoms with Gasteiger partial charge in [-0.25, -0.2) is 0 Å². The van der Waals surface area contributed by atoms with Crippen LogP contribution in [0.25, 0.3) is 11.3 Å². The lowest BCUT2D eigenvalue weighted by Crippen LogP contribution is -2.03. The molecule has 0 atom stereocenters. The second-order valence-corrected chi connectivity index (χ2v) is 3.47. The molecule has 0 saturated carbocycles. The van der Waals surface area contributed by atoms with Crippen molar-refractivity contribution >= 4 is 5.88 Å². The molecule has 4 nitrogen and oxygen atoms in total. The molecule has 0 aliphatic carbocycles. The van der Waals surface area contributed by atoms with Crippen molar-refractivity contribution in [3.63, 3.8) is 0 Å². The number of anilines is 1. The third-order valence-electron chi connectivity index (χ3n) is 2.23. The van der Waals surface area contributed by atoms with E-state index in [0.717, 1.165) is 0 Å². The van der Waals surface area contributed by atoms with E-state index in [1.54, 1.807) is 19.1 Å². The molecule has 90 valence electrons. The Kier molecular flexibility index (Phi) is 2.95. The van der Waals surface area contributed by atoms with Gasteiger partial charge in [0.25, 0.3) is 0 Å². The Bertz CT molecular complexity index is 526. The number of benzene rings is 1. The zero-order valence-electron chi connectivity index (χ0n) is 8.98. The van der Waals surface area contributed by atoms with Crippen LogP contribution in [0.5, 0.6) is 5.75 Å². The van der Waals surface area contributed by atoms with Gasteiger partial charge in [0.2, 0.25) is 5.88 Å². The molecule has 2 aromatic rings. The Labute approximate surface area is 96.0 Å². The smallest absolute Gasteiger partial charge is 0.387 e. The first-order chi connectivity index (χ1) is 8.06. The van der Waals surface area contributed by atoms with Gasteiger partial charge in [-0.1, -0.05) is 17.3 Å². The molecular weight excluding hydrogens is 230 g/mol. The maximum Gasteiger partial charge on any atom is 0.387 e. The van der Waals surface area contributed by atoms with Crippen LogP contribution in [0.4, 0.5) is 14.7 Å². The maximum absolute atomic E-state index is 12.2. The number of nitrogen functional groups attached to an aromatic ring is 1. The second kappa shape index (κ2) is 4.40. The first-order valence-electron chi connectivity index (χ1n) is 4.84. The molecular formula is C11H10F2N2O2. The molecule has 2 N–H and O–H groups in total. The quantitative estimate of drug-likeness (QED) is 0.896. The first kappa shape index (κ1) is 11.4. The Morgan fingerprint density at radius 1 is 1.35 bits per heavy atom. The van der Waals surface area contributed by atoms with Crippen molar-refractivity contribution in [3.05, 3.63) is 29.8 Å². The summed E-state index contributed by atoms with van der Waals surface area (Å²) in [6.45, 7) is -1.18. The molecule has 0 fully saturated rings. The van der Waals surface area contributed by atoms with Gasteiger partial charge in [0.1, 0.15) is 11.4 Å². The van der Waals surface area contributed by atoms with Gasteiger partial charge in [-0.05, 0) is 18.6 Å². The van der Waals surface area contributed by atoms with Crippen LogP contribution in [0.1, 0.15) is 5.56 Å². The zero-order valence-corrected chi connectivity index (χ0v) is 8.98. The molecule has 0 saturated heterocycles. The van der Waals surface area contributed by atoms with Crippen molar-refractivity contribution in [2.24, 2.45) is 0 Å². The summed E-state index contributed by atoms with van der Waals surface area (Å²) >= 11 is 0. The monoisotopic (exact) mass is 240 g/mol. The fourth-order valence-corrected chi connectivity index (χ4v) is 1.41. The minimum Gasteiger partial charge on any atom is -0.435 e. The van der Waals surface area contributed by atoms with Gasteiger partial charge >= 0.3 is 6.61 Å². The number of hydrogen-bond acceptors (Lipinski definition) is 4. The minimum atomic E-state index is -2.86. The largest absolute Gasteiger partial charge is 0.435 e. The summed E-state index contributed by atoms with van der Waals surface area (Å²) in [5.74, 6) is 0.274. The molecule has 1 aromatic heterocycles. The van der Waals surface area contributed by atoms with Crippen LogP contribution in [0.2, 0.25) is 0 Å². The SMILES string of the molecule is Cc1ccc(-c2cc(N)on2)cc1OC(F)F. The lowest BCUT2D eigenvalue weighted by Gasteiger charge is -2.08. The van der Waals surface area contributed by atoms with Crippen molar-refractivity contribution in [3.8, 4) is 17.0 Å². The fraction of sp³-hybridized carbons (Fsp3) is 0.182. The predicted octanol–water partition coefficient (Wildman–Crippen LogP) is 2.83. The minimum absolute atomic E-state index is 0.110. The van der Waals surface area contributed by atoms with E-state index in [9.17, 15) is 8.78 Å². The summed E-state index contributed by atoms with van der Waals surface area (Å²) < 4.78 is 33.4. The Morgan fingerprint density at radius 3 is 2.71 bits per heavy atom. The van der Waals surface area contributed by atoms with Crippen molar-refractivity contribution in [1.82, 2.24) is 5.16 Å². The average Bonchev–Trinajstić information content (AvgIpc) is 2.67. The van der Waals surface area contributed by atoms with Crippen LogP contribution >= 0.6 is 0 Å². The van der Waals surface area contributed by atoms with Crippen LogP contribution < -0.4 is 10.5 Å². The highest BCUT2D eigenvalue weighted by Gasteiger charge is 2.11. The Balaban J connectivity index is 2.36. The zero-order chi connectivity index (χ0) is 12.4. The van der Waals surface area contributed by atoms with Crippen LogP contribution in [0.3, 0.4) is 0 Å². The Hall–Kier alpha value is -2.11. The summed E-state index contributed by atoms with van der Waals surface area (Å²) in [4.78, 5) is 0. The molecule has 0 aliphatic heterocycles. The van der Waals surface area contributed by atoms with Crippen molar-refractivity contribution < 1.29 is 18.0 Å². The summed E-state index contributed by atoms with van der Waals surface area (Å²) in [5.41, 5.74) is 7.08. The summed E-state index contributed by atoms with van der Waals surface area (Å²) in [6, 6.07) is 6.37. The normalized spacial score (nSPS) is 10.8. The molecule has 0 bridgehead atoms. The first-order valence-corrected chi connectivity index (χ1v) is 4.84. The van der Waals surface area contributed by atoms with E-state index in [-0.39, 0.29) is 11.6 Å². The van der Waals surface area contributed by atoms with Gasteiger partial charge in [0.05, 0.1) is 0 Å². The topological polar surface area (TPSA) is 61.3 Å². The molecule has 1 aromatic carbocycles. The third kappa shape index (κ3) is 2.52. The van der Waals surface area contributed by atoms with Crippen LogP contribution in [0, 0.1) is 6.92 Å². The second-order valence-electron chi connectivity index (χ2n) is 3.47. The summed E-state index contributed by atoms with van der Waals surface area (Å²) in [5, 5.41) is 3.69. The van der Waals surface area contributed by atoms with E-state index in [0.29, 0.717) is 16.8 Å². The number of aryl methyl sites for hydroxylation is 1. The van der Waals surface area contributed by atoms with Gasteiger partial charge in [-0.2, -0.15) is 8.78 Å². The van der Waals surface area contributed by atoms with E-state index in [2.05, 4.69) is 9.89 Å². The number of rotatable bonds is 3. The standard InChI is InChI=1S/C11H10F2N2O2/c1-6-2-3-7(4-9(6)16-11(12)13)8-5-10(14)17-15-8/h2-5,11H,14H2,1H3. The van der Waals surface area contributed by atoms with E-state index in [1.165, 1.54) is 12.1 Å². The van der Waals surface area contributed by atoms with Crippen molar-refractivity contribution in [2.75, 3.05) is 5.73 Å². The number of ether oxygens (including phenoxy) is 1. The number of aromatic nitrogens is 1. The highest BCUT2D eigenvalue weighted by molar-refractivity contribution is 5.64. The maximum atomic E-state index is 12.2. The van der Waals surface area contributed by atoms with Gasteiger partial charge < -0.3 is 15.0 Å². The van der Waals surface area contributed by atoms with E-state index >= 15 is 0 Å². The molecule has 6 heteroatoms. The lowest BCUT2D eigenvalue weighted by atomic mass is 10.1. The molecule has 17 heavy (non-hydrogen) atoms. The van der Waals surface area contributed by atoms with Gasteiger partial charge in [-0.15, -0.1) is 0 Å². The molecule has 0 unspecified atom stereocenters. The molecule has 2 rings (SSSR count). The molecule has 0 amide bonds. The summed E-state index contributed by atoms with van der Waals surface area (Å²) in [7, 11) is 0. The van der Waals surface area contributed by atoms with E-state index in [4.69, 9.17) is 10.3 Å². The number of halogens is 2. The average molecular weight is 240 g/mol. The lowest BCUT2D eigenvalue weighted by molar-refractivity contribution is -0.0502. The molecule has 0 radical (unpaired) electrons. The Morgan fingerprint density at radius 2 is 2.12 bits per heavy atom. The van der Waals surface area contributed by atoms with Crippen molar-refractivity contribution in [2.45, 2.75) is 13.5 Å². The highest BCUT2D eigenvalue weighted by atomic mass is 19.3. The van der Waals surface area contributed by atoms with Gasteiger partial charge in [-0.3, -0.25) is 0 Å². The fourth-order valence-electron chi connectivity index (χ4n) is 1.41. The van der Waals surface area contributed by atoms with Crippen molar-refractivity contribution in [1.29, 1.82) is 0 Å². The highest BCUT2D eigenvalue weighted by Crippen LogP contribution is 2.28.